The molecular weight excluding hydrogens is 320 g/mol. The fraction of sp³-hybridized carbons (Fsp3) is 0.333. The fourth-order valence-corrected chi connectivity index (χ4v) is 2.91. The highest BCUT2D eigenvalue weighted by molar-refractivity contribution is 5.60. The van der Waals surface area contributed by atoms with Gasteiger partial charge in [-0.05, 0) is 31.5 Å². The first-order chi connectivity index (χ1) is 12.0. The van der Waals surface area contributed by atoms with Crippen molar-refractivity contribution in [3.63, 3.8) is 0 Å². The zero-order chi connectivity index (χ0) is 18.0. The van der Waals surface area contributed by atoms with Gasteiger partial charge in [0.25, 0.3) is 5.56 Å². The number of methoxy groups -OCH3 is 2. The first-order valence-corrected chi connectivity index (χ1v) is 8.09. The van der Waals surface area contributed by atoms with E-state index in [2.05, 4.69) is 15.3 Å². The lowest BCUT2D eigenvalue weighted by molar-refractivity contribution is 0.391. The predicted octanol–water partition coefficient (Wildman–Crippen LogP) is 2.76. The molecule has 0 aliphatic rings. The largest absolute Gasteiger partial charge is 0.497 e. The molecule has 2 aromatic heterocycles. The number of benzene rings is 1. The number of aromatic nitrogens is 4. The molecule has 0 spiro atoms. The van der Waals surface area contributed by atoms with Crippen LogP contribution in [0.3, 0.4) is 0 Å². The second-order valence-electron chi connectivity index (χ2n) is 6.06. The van der Waals surface area contributed by atoms with Crippen LogP contribution in [0.1, 0.15) is 31.0 Å². The summed E-state index contributed by atoms with van der Waals surface area (Å²) < 4.78 is 12.6. The number of H-pyrrole nitrogens is 2. The van der Waals surface area contributed by atoms with Crippen molar-refractivity contribution in [1.82, 2.24) is 20.0 Å². The normalized spacial score (nSPS) is 11.1. The molecule has 2 N–H and O–H groups in total. The number of hydrogen-bond acceptors (Lipinski definition) is 4. The maximum atomic E-state index is 12.6. The molecule has 0 bridgehead atoms. The SMILES string of the molecule is COc1ccc(Cc2c(-c3ccn[nH]3)n(C(C)C)[nH]c2=O)c(OC)c1. The monoisotopic (exact) mass is 342 g/mol. The van der Waals surface area contributed by atoms with Crippen LogP contribution in [0.5, 0.6) is 11.5 Å². The number of rotatable bonds is 6. The summed E-state index contributed by atoms with van der Waals surface area (Å²) in [6.45, 7) is 4.04. The van der Waals surface area contributed by atoms with Crippen LogP contribution in [0.4, 0.5) is 0 Å². The first-order valence-electron chi connectivity index (χ1n) is 8.09. The maximum Gasteiger partial charge on any atom is 0.268 e. The molecular formula is C18H22N4O3. The zero-order valence-corrected chi connectivity index (χ0v) is 14.8. The molecule has 0 aliphatic carbocycles. The molecule has 0 atom stereocenters. The van der Waals surface area contributed by atoms with Crippen LogP contribution in [-0.2, 0) is 6.42 Å². The highest BCUT2D eigenvalue weighted by atomic mass is 16.5. The molecule has 0 fully saturated rings. The predicted molar refractivity (Wildman–Crippen MR) is 95.4 cm³/mol. The molecule has 2 heterocycles. The lowest BCUT2D eigenvalue weighted by Crippen LogP contribution is -2.09. The quantitative estimate of drug-likeness (QED) is 0.721. The number of nitrogens with one attached hydrogen (secondary N) is 2. The van der Waals surface area contributed by atoms with E-state index in [0.29, 0.717) is 23.5 Å². The van der Waals surface area contributed by atoms with Gasteiger partial charge in [-0.25, -0.2) is 0 Å². The van der Waals surface area contributed by atoms with Crippen molar-refractivity contribution >= 4 is 0 Å². The van der Waals surface area contributed by atoms with Gasteiger partial charge in [0.2, 0.25) is 0 Å². The average Bonchev–Trinajstić information content (AvgIpc) is 3.23. The van der Waals surface area contributed by atoms with Gasteiger partial charge in [0.05, 0.1) is 31.2 Å². The van der Waals surface area contributed by atoms with Crippen LogP contribution in [-0.4, -0.2) is 34.2 Å². The fourth-order valence-electron chi connectivity index (χ4n) is 2.91. The maximum absolute atomic E-state index is 12.6. The molecule has 7 heteroatoms. The van der Waals surface area contributed by atoms with Crippen molar-refractivity contribution in [1.29, 1.82) is 0 Å². The van der Waals surface area contributed by atoms with Gasteiger partial charge < -0.3 is 9.47 Å². The Hall–Kier alpha value is -2.96. The van der Waals surface area contributed by atoms with Crippen molar-refractivity contribution in [2.75, 3.05) is 14.2 Å². The van der Waals surface area contributed by atoms with Crippen LogP contribution >= 0.6 is 0 Å². The molecule has 25 heavy (non-hydrogen) atoms. The molecule has 0 saturated heterocycles. The topological polar surface area (TPSA) is 84.9 Å². The number of ether oxygens (including phenoxy) is 2. The summed E-state index contributed by atoms with van der Waals surface area (Å²) >= 11 is 0. The van der Waals surface area contributed by atoms with E-state index in [9.17, 15) is 4.79 Å². The third kappa shape index (κ3) is 3.17. The van der Waals surface area contributed by atoms with E-state index >= 15 is 0 Å². The third-order valence-corrected chi connectivity index (χ3v) is 4.16. The molecule has 0 saturated carbocycles. The third-order valence-electron chi connectivity index (χ3n) is 4.16. The Kier molecular flexibility index (Phi) is 4.65. The van der Waals surface area contributed by atoms with Crippen LogP contribution in [0.25, 0.3) is 11.4 Å². The van der Waals surface area contributed by atoms with Gasteiger partial charge in [-0.3, -0.25) is 19.7 Å². The lowest BCUT2D eigenvalue weighted by atomic mass is 10.0. The van der Waals surface area contributed by atoms with Crippen LogP contribution < -0.4 is 15.0 Å². The molecule has 132 valence electrons. The van der Waals surface area contributed by atoms with E-state index in [-0.39, 0.29) is 11.6 Å². The Morgan fingerprint density at radius 2 is 2.00 bits per heavy atom. The van der Waals surface area contributed by atoms with E-state index in [1.165, 1.54) is 0 Å². The molecule has 7 nitrogen and oxygen atoms in total. The van der Waals surface area contributed by atoms with Gasteiger partial charge >= 0.3 is 0 Å². The Balaban J connectivity index is 2.11. The van der Waals surface area contributed by atoms with Crippen LogP contribution in [0, 0.1) is 0 Å². The summed E-state index contributed by atoms with van der Waals surface area (Å²) in [5, 5.41) is 9.90. The summed E-state index contributed by atoms with van der Waals surface area (Å²) in [4.78, 5) is 12.6. The zero-order valence-electron chi connectivity index (χ0n) is 14.8. The van der Waals surface area contributed by atoms with Crippen LogP contribution in [0.15, 0.2) is 35.3 Å². The van der Waals surface area contributed by atoms with Gasteiger partial charge in [0.1, 0.15) is 11.5 Å². The van der Waals surface area contributed by atoms with E-state index in [0.717, 1.165) is 17.0 Å². The molecule has 0 radical (unpaired) electrons. The van der Waals surface area contributed by atoms with E-state index in [1.54, 1.807) is 20.4 Å². The smallest absolute Gasteiger partial charge is 0.268 e. The molecule has 1 aromatic carbocycles. The Morgan fingerprint density at radius 3 is 2.60 bits per heavy atom. The first kappa shape index (κ1) is 16.9. The van der Waals surface area contributed by atoms with Crippen molar-refractivity contribution in [2.45, 2.75) is 26.3 Å². The van der Waals surface area contributed by atoms with Crippen molar-refractivity contribution in [3.05, 3.63) is 51.9 Å². The summed E-state index contributed by atoms with van der Waals surface area (Å²) in [5.74, 6) is 1.40. The number of aromatic amines is 2. The molecule has 3 rings (SSSR count). The Labute approximate surface area is 145 Å². The summed E-state index contributed by atoms with van der Waals surface area (Å²) in [6.07, 6.45) is 2.12. The van der Waals surface area contributed by atoms with Crippen LogP contribution in [0.2, 0.25) is 0 Å². The van der Waals surface area contributed by atoms with E-state index in [1.807, 2.05) is 42.8 Å². The second kappa shape index (κ2) is 6.88. The lowest BCUT2D eigenvalue weighted by Gasteiger charge is -2.13. The number of nitrogens with zero attached hydrogens (tertiary/aromatic N) is 2. The average molecular weight is 342 g/mol. The minimum atomic E-state index is -0.115. The Bertz CT molecular complexity index is 907. The molecule has 0 amide bonds. The van der Waals surface area contributed by atoms with Gasteiger partial charge in [-0.2, -0.15) is 5.10 Å². The van der Waals surface area contributed by atoms with Gasteiger partial charge in [-0.1, -0.05) is 6.07 Å². The Morgan fingerprint density at radius 1 is 1.20 bits per heavy atom. The summed E-state index contributed by atoms with van der Waals surface area (Å²) in [6, 6.07) is 7.56. The van der Waals surface area contributed by atoms with Crippen molar-refractivity contribution in [3.8, 4) is 22.9 Å². The van der Waals surface area contributed by atoms with Crippen molar-refractivity contribution in [2.24, 2.45) is 0 Å². The minimum Gasteiger partial charge on any atom is -0.497 e. The van der Waals surface area contributed by atoms with Gasteiger partial charge in [0.15, 0.2) is 0 Å². The van der Waals surface area contributed by atoms with Crippen molar-refractivity contribution < 1.29 is 9.47 Å². The minimum absolute atomic E-state index is 0.109. The summed E-state index contributed by atoms with van der Waals surface area (Å²) in [5.41, 5.74) is 3.08. The number of hydrogen-bond donors (Lipinski definition) is 2. The van der Waals surface area contributed by atoms with E-state index in [4.69, 9.17) is 9.47 Å². The summed E-state index contributed by atoms with van der Waals surface area (Å²) in [7, 11) is 3.22. The molecule has 0 unspecified atom stereocenters. The second-order valence-corrected chi connectivity index (χ2v) is 6.06. The standard InChI is InChI=1S/C18H22N4O3/c1-11(2)22-17(15-7-8-19-20-15)14(18(23)21-22)9-12-5-6-13(24-3)10-16(12)25-4/h5-8,10-11H,9H2,1-4H3,(H,19,20)(H,21,23). The van der Waals surface area contributed by atoms with Gasteiger partial charge in [0, 0.05) is 24.7 Å². The highest BCUT2D eigenvalue weighted by Crippen LogP contribution is 2.29. The van der Waals surface area contributed by atoms with Gasteiger partial charge in [-0.15, -0.1) is 0 Å². The molecule has 3 aromatic rings. The highest BCUT2D eigenvalue weighted by Gasteiger charge is 2.21. The molecule has 0 aliphatic heterocycles. The van der Waals surface area contributed by atoms with E-state index < -0.39 is 0 Å².